The van der Waals surface area contributed by atoms with Gasteiger partial charge in [-0.2, -0.15) is 0 Å². The third-order valence-corrected chi connectivity index (χ3v) is 2.95. The van der Waals surface area contributed by atoms with Gasteiger partial charge >= 0.3 is 0 Å². The second-order valence-electron chi connectivity index (χ2n) is 4.87. The van der Waals surface area contributed by atoms with Gasteiger partial charge in [0.25, 0.3) is 0 Å². The fourth-order valence-electron chi connectivity index (χ4n) is 1.45. The SMILES string of the molecule is CCc1cnc(CNCCC(C)(C)C(N)=NO)o1. The van der Waals surface area contributed by atoms with E-state index < -0.39 is 0 Å². The molecule has 0 atom stereocenters. The molecule has 0 amide bonds. The monoisotopic (exact) mass is 254 g/mol. The predicted molar refractivity (Wildman–Crippen MR) is 69.4 cm³/mol. The van der Waals surface area contributed by atoms with E-state index in [1.165, 1.54) is 0 Å². The number of hydrogen-bond acceptors (Lipinski definition) is 5. The molecule has 6 nitrogen and oxygen atoms in total. The largest absolute Gasteiger partial charge is 0.444 e. The van der Waals surface area contributed by atoms with Crippen LogP contribution in [0.25, 0.3) is 0 Å². The zero-order chi connectivity index (χ0) is 13.6. The van der Waals surface area contributed by atoms with E-state index in [1.54, 1.807) is 6.20 Å². The van der Waals surface area contributed by atoms with Gasteiger partial charge in [-0.05, 0) is 13.0 Å². The van der Waals surface area contributed by atoms with E-state index in [0.717, 1.165) is 25.1 Å². The maximum atomic E-state index is 8.65. The number of oxazole rings is 1. The highest BCUT2D eigenvalue weighted by molar-refractivity contribution is 5.85. The number of aryl methyl sites for hydroxylation is 1. The van der Waals surface area contributed by atoms with E-state index in [1.807, 2.05) is 20.8 Å². The summed E-state index contributed by atoms with van der Waals surface area (Å²) in [5.41, 5.74) is 5.28. The Hall–Kier alpha value is -1.56. The number of nitrogens with one attached hydrogen (secondary N) is 1. The van der Waals surface area contributed by atoms with Gasteiger partial charge in [0, 0.05) is 11.8 Å². The summed E-state index contributed by atoms with van der Waals surface area (Å²) in [6.45, 7) is 7.23. The number of amidine groups is 1. The van der Waals surface area contributed by atoms with Gasteiger partial charge in [-0.25, -0.2) is 4.98 Å². The number of nitrogens with zero attached hydrogens (tertiary/aromatic N) is 2. The lowest BCUT2D eigenvalue weighted by molar-refractivity contribution is 0.304. The molecule has 0 radical (unpaired) electrons. The van der Waals surface area contributed by atoms with Crippen LogP contribution in [0, 0.1) is 5.41 Å². The van der Waals surface area contributed by atoms with E-state index in [4.69, 9.17) is 15.4 Å². The Morgan fingerprint density at radius 2 is 2.33 bits per heavy atom. The average Bonchev–Trinajstić information content (AvgIpc) is 2.81. The first-order valence-corrected chi connectivity index (χ1v) is 6.12. The minimum atomic E-state index is -0.326. The lowest BCUT2D eigenvalue weighted by Gasteiger charge is -2.22. The summed E-state index contributed by atoms with van der Waals surface area (Å²) in [5, 5.41) is 14.9. The van der Waals surface area contributed by atoms with Crippen LogP contribution < -0.4 is 11.1 Å². The lowest BCUT2D eigenvalue weighted by atomic mass is 9.88. The average molecular weight is 254 g/mol. The van der Waals surface area contributed by atoms with Gasteiger partial charge in [-0.1, -0.05) is 25.9 Å². The summed E-state index contributed by atoms with van der Waals surface area (Å²) < 4.78 is 5.47. The molecule has 0 saturated heterocycles. The summed E-state index contributed by atoms with van der Waals surface area (Å²) in [6.07, 6.45) is 3.37. The van der Waals surface area contributed by atoms with Crippen molar-refractivity contribution >= 4 is 5.84 Å². The zero-order valence-electron chi connectivity index (χ0n) is 11.2. The normalized spacial score (nSPS) is 12.9. The molecule has 0 aliphatic carbocycles. The van der Waals surface area contributed by atoms with Crippen LogP contribution in [0.5, 0.6) is 0 Å². The van der Waals surface area contributed by atoms with Crippen LogP contribution in [-0.2, 0) is 13.0 Å². The van der Waals surface area contributed by atoms with Gasteiger partial charge in [0.15, 0.2) is 0 Å². The van der Waals surface area contributed by atoms with Gasteiger partial charge in [0.1, 0.15) is 11.6 Å². The van der Waals surface area contributed by atoms with Gasteiger partial charge in [0.2, 0.25) is 5.89 Å². The second kappa shape index (κ2) is 6.39. The number of hydrogen-bond donors (Lipinski definition) is 3. The first-order chi connectivity index (χ1) is 8.49. The van der Waals surface area contributed by atoms with Crippen LogP contribution in [-0.4, -0.2) is 22.6 Å². The first kappa shape index (κ1) is 14.5. The zero-order valence-corrected chi connectivity index (χ0v) is 11.2. The van der Waals surface area contributed by atoms with Crippen molar-refractivity contribution in [3.63, 3.8) is 0 Å². The maximum absolute atomic E-state index is 8.65. The van der Waals surface area contributed by atoms with Gasteiger partial charge in [0.05, 0.1) is 12.7 Å². The summed E-state index contributed by atoms with van der Waals surface area (Å²) in [4.78, 5) is 4.15. The third kappa shape index (κ3) is 4.03. The number of aromatic nitrogens is 1. The van der Waals surface area contributed by atoms with Crippen LogP contribution >= 0.6 is 0 Å². The molecule has 0 saturated carbocycles. The van der Waals surface area contributed by atoms with Crippen molar-refractivity contribution in [2.24, 2.45) is 16.3 Å². The van der Waals surface area contributed by atoms with Crippen molar-refractivity contribution in [2.75, 3.05) is 6.54 Å². The molecule has 0 fully saturated rings. The van der Waals surface area contributed by atoms with Crippen molar-refractivity contribution < 1.29 is 9.62 Å². The van der Waals surface area contributed by atoms with E-state index in [0.29, 0.717) is 12.4 Å². The molecule has 0 aliphatic heterocycles. The number of rotatable bonds is 7. The van der Waals surface area contributed by atoms with Crippen molar-refractivity contribution in [1.82, 2.24) is 10.3 Å². The van der Waals surface area contributed by atoms with Crippen LogP contribution in [0.15, 0.2) is 15.8 Å². The predicted octanol–water partition coefficient (Wildman–Crippen LogP) is 1.49. The topological polar surface area (TPSA) is 96.7 Å². The standard InChI is InChI=1S/C12H22N4O2/c1-4-9-7-15-10(18-9)8-14-6-5-12(2,3)11(13)16-17/h7,14,17H,4-6,8H2,1-3H3,(H2,13,16). The van der Waals surface area contributed by atoms with Crippen LogP contribution in [0.3, 0.4) is 0 Å². The summed E-state index contributed by atoms with van der Waals surface area (Å²) in [7, 11) is 0. The summed E-state index contributed by atoms with van der Waals surface area (Å²) >= 11 is 0. The van der Waals surface area contributed by atoms with E-state index >= 15 is 0 Å². The molecule has 0 aromatic carbocycles. The van der Waals surface area contributed by atoms with Gasteiger partial charge in [-0.15, -0.1) is 0 Å². The molecule has 102 valence electrons. The molecule has 1 aromatic heterocycles. The van der Waals surface area contributed by atoms with E-state index in [2.05, 4.69) is 15.5 Å². The molecule has 0 spiro atoms. The number of oxime groups is 1. The van der Waals surface area contributed by atoms with E-state index in [9.17, 15) is 0 Å². The molecule has 0 bridgehead atoms. The number of nitrogens with two attached hydrogens (primary N) is 1. The van der Waals surface area contributed by atoms with Crippen molar-refractivity contribution in [3.8, 4) is 0 Å². The Balaban J connectivity index is 2.30. The van der Waals surface area contributed by atoms with Gasteiger partial charge in [-0.3, -0.25) is 0 Å². The quantitative estimate of drug-likeness (QED) is 0.225. The molecule has 1 heterocycles. The maximum Gasteiger partial charge on any atom is 0.208 e. The van der Waals surface area contributed by atoms with Crippen molar-refractivity contribution in [2.45, 2.75) is 40.2 Å². The molecule has 0 aliphatic rings. The summed E-state index contributed by atoms with van der Waals surface area (Å²) in [6, 6.07) is 0. The molecule has 1 aromatic rings. The van der Waals surface area contributed by atoms with Crippen LogP contribution in [0.4, 0.5) is 0 Å². The molecular formula is C12H22N4O2. The molecule has 4 N–H and O–H groups in total. The minimum absolute atomic E-state index is 0.244. The molecule has 18 heavy (non-hydrogen) atoms. The Morgan fingerprint density at radius 1 is 1.61 bits per heavy atom. The molecule has 6 heteroatoms. The highest BCUT2D eigenvalue weighted by atomic mass is 16.4. The Kier molecular flexibility index (Phi) is 5.15. The molecular weight excluding hydrogens is 232 g/mol. The second-order valence-corrected chi connectivity index (χ2v) is 4.87. The van der Waals surface area contributed by atoms with Crippen molar-refractivity contribution in [1.29, 1.82) is 0 Å². The Bertz CT molecular complexity index is 399. The van der Waals surface area contributed by atoms with Gasteiger partial charge < -0.3 is 20.7 Å². The molecule has 1 rings (SSSR count). The molecule has 0 unspecified atom stereocenters. The smallest absolute Gasteiger partial charge is 0.208 e. The highest BCUT2D eigenvalue weighted by Crippen LogP contribution is 2.19. The highest BCUT2D eigenvalue weighted by Gasteiger charge is 2.22. The fraction of sp³-hybridized carbons (Fsp3) is 0.667. The lowest BCUT2D eigenvalue weighted by Crippen LogP contribution is -2.34. The van der Waals surface area contributed by atoms with Crippen LogP contribution in [0.2, 0.25) is 0 Å². The third-order valence-electron chi connectivity index (χ3n) is 2.95. The fourth-order valence-corrected chi connectivity index (χ4v) is 1.45. The van der Waals surface area contributed by atoms with Crippen molar-refractivity contribution in [3.05, 3.63) is 17.8 Å². The van der Waals surface area contributed by atoms with Crippen LogP contribution in [0.1, 0.15) is 38.8 Å². The van der Waals surface area contributed by atoms with E-state index in [-0.39, 0.29) is 11.3 Å². The Morgan fingerprint density at radius 3 is 2.89 bits per heavy atom. The minimum Gasteiger partial charge on any atom is -0.444 e. The Labute approximate surface area is 107 Å². The first-order valence-electron chi connectivity index (χ1n) is 6.12. The summed E-state index contributed by atoms with van der Waals surface area (Å²) in [5.74, 6) is 1.82.